The molecule has 1 aromatic carbocycles. The van der Waals surface area contributed by atoms with E-state index in [0.717, 1.165) is 36.1 Å². The number of urea groups is 1. The van der Waals surface area contributed by atoms with E-state index in [1.807, 2.05) is 24.3 Å². The minimum Gasteiger partial charge on any atom is -0.341 e. The number of nitrogens with one attached hydrogen (secondary N) is 1. The maximum absolute atomic E-state index is 13.0. The third kappa shape index (κ3) is 3.84. The number of aryl methyl sites for hydroxylation is 1. The first-order valence-electron chi connectivity index (χ1n) is 9.86. The van der Waals surface area contributed by atoms with Crippen LogP contribution in [0.4, 0.5) is 4.79 Å². The van der Waals surface area contributed by atoms with E-state index in [-0.39, 0.29) is 18.4 Å². The molecule has 0 aromatic heterocycles. The minimum atomic E-state index is -1.13. The Labute approximate surface area is 160 Å². The Bertz CT molecular complexity index is 723. The van der Waals surface area contributed by atoms with E-state index in [1.54, 1.807) is 11.8 Å². The number of likely N-dealkylation sites (tertiary alicyclic amines) is 1. The van der Waals surface area contributed by atoms with Crippen LogP contribution in [-0.4, -0.2) is 47.3 Å². The molecule has 1 aromatic rings. The van der Waals surface area contributed by atoms with Gasteiger partial charge in [0, 0.05) is 13.1 Å². The summed E-state index contributed by atoms with van der Waals surface area (Å²) in [4.78, 5) is 40.8. The molecule has 27 heavy (non-hydrogen) atoms. The zero-order valence-corrected chi connectivity index (χ0v) is 16.5. The monoisotopic (exact) mass is 371 g/mol. The molecular weight excluding hydrogens is 342 g/mol. The summed E-state index contributed by atoms with van der Waals surface area (Å²) in [5, 5.41) is 2.78. The second-order valence-electron chi connectivity index (χ2n) is 7.96. The first kappa shape index (κ1) is 19.4. The summed E-state index contributed by atoms with van der Waals surface area (Å²) in [6.45, 7) is 7.20. The van der Waals surface area contributed by atoms with E-state index in [2.05, 4.69) is 19.2 Å². The number of amides is 4. The van der Waals surface area contributed by atoms with Crippen LogP contribution in [0.25, 0.3) is 0 Å². The molecule has 0 radical (unpaired) electrons. The van der Waals surface area contributed by atoms with Crippen LogP contribution in [0.1, 0.15) is 51.2 Å². The van der Waals surface area contributed by atoms with Crippen molar-refractivity contribution in [2.75, 3.05) is 19.6 Å². The number of carbonyl (C=O) groups is 3. The van der Waals surface area contributed by atoms with Crippen molar-refractivity contribution in [3.8, 4) is 0 Å². The van der Waals surface area contributed by atoms with Crippen molar-refractivity contribution in [1.29, 1.82) is 0 Å². The summed E-state index contributed by atoms with van der Waals surface area (Å²) in [7, 11) is 0. The molecular formula is C21H29N3O3. The Balaban J connectivity index is 1.71. The number of hydrogen-bond donors (Lipinski definition) is 1. The standard InChI is InChI=1S/C21H29N3O3/c1-4-5-16-6-8-17(9-7-16)21(3)19(26)24(20(27)22-21)14-18(25)23-12-10-15(2)11-13-23/h6-9,15H,4-5,10-14H2,1-3H3,(H,22,27). The van der Waals surface area contributed by atoms with Crippen LogP contribution in [-0.2, 0) is 21.5 Å². The van der Waals surface area contributed by atoms with Gasteiger partial charge in [0.1, 0.15) is 12.1 Å². The molecule has 1 N–H and O–H groups in total. The van der Waals surface area contributed by atoms with Gasteiger partial charge in [-0.3, -0.25) is 14.5 Å². The van der Waals surface area contributed by atoms with Gasteiger partial charge in [-0.25, -0.2) is 4.79 Å². The molecule has 1 atom stereocenters. The van der Waals surface area contributed by atoms with Crippen LogP contribution >= 0.6 is 0 Å². The van der Waals surface area contributed by atoms with Gasteiger partial charge in [0.05, 0.1) is 0 Å². The number of piperidine rings is 1. The molecule has 6 nitrogen and oxygen atoms in total. The molecule has 146 valence electrons. The van der Waals surface area contributed by atoms with E-state index >= 15 is 0 Å². The number of rotatable bonds is 5. The molecule has 1 unspecified atom stereocenters. The highest BCUT2D eigenvalue weighted by Crippen LogP contribution is 2.29. The first-order chi connectivity index (χ1) is 12.8. The molecule has 3 rings (SSSR count). The topological polar surface area (TPSA) is 69.7 Å². The van der Waals surface area contributed by atoms with Crippen LogP contribution in [0.2, 0.25) is 0 Å². The molecule has 2 saturated heterocycles. The van der Waals surface area contributed by atoms with Gasteiger partial charge >= 0.3 is 6.03 Å². The molecule has 2 fully saturated rings. The largest absolute Gasteiger partial charge is 0.341 e. The van der Waals surface area contributed by atoms with Gasteiger partial charge < -0.3 is 10.2 Å². The molecule has 0 bridgehead atoms. The van der Waals surface area contributed by atoms with Gasteiger partial charge in [0.2, 0.25) is 5.91 Å². The fraction of sp³-hybridized carbons (Fsp3) is 0.571. The number of carbonyl (C=O) groups excluding carboxylic acids is 3. The van der Waals surface area contributed by atoms with Crippen LogP contribution in [0, 0.1) is 5.92 Å². The van der Waals surface area contributed by atoms with Crippen molar-refractivity contribution in [3.63, 3.8) is 0 Å². The Morgan fingerprint density at radius 1 is 1.19 bits per heavy atom. The maximum Gasteiger partial charge on any atom is 0.325 e. The molecule has 0 spiro atoms. The Kier molecular flexibility index (Phi) is 5.53. The molecule has 0 aliphatic carbocycles. The molecule has 4 amide bonds. The van der Waals surface area contributed by atoms with Crippen molar-refractivity contribution < 1.29 is 14.4 Å². The van der Waals surface area contributed by atoms with Crippen LogP contribution in [0.3, 0.4) is 0 Å². The highest BCUT2D eigenvalue weighted by Gasteiger charge is 2.49. The van der Waals surface area contributed by atoms with Gasteiger partial charge in [0.25, 0.3) is 5.91 Å². The number of hydrogen-bond acceptors (Lipinski definition) is 3. The Morgan fingerprint density at radius 2 is 1.81 bits per heavy atom. The molecule has 2 aliphatic rings. The van der Waals surface area contributed by atoms with E-state index in [1.165, 1.54) is 5.56 Å². The number of nitrogens with zero attached hydrogens (tertiary/aromatic N) is 2. The van der Waals surface area contributed by atoms with Crippen molar-refractivity contribution >= 4 is 17.8 Å². The van der Waals surface area contributed by atoms with Crippen LogP contribution in [0.5, 0.6) is 0 Å². The normalized spacial score (nSPS) is 23.7. The third-order valence-corrected chi connectivity index (χ3v) is 5.77. The van der Waals surface area contributed by atoms with Crippen molar-refractivity contribution in [2.45, 2.75) is 52.0 Å². The first-order valence-corrected chi connectivity index (χ1v) is 9.86. The summed E-state index contributed by atoms with van der Waals surface area (Å²) in [5.41, 5.74) is 0.814. The summed E-state index contributed by atoms with van der Waals surface area (Å²) in [5.74, 6) is 0.0900. The van der Waals surface area contributed by atoms with Crippen molar-refractivity contribution in [1.82, 2.24) is 15.1 Å². The predicted molar refractivity (Wildman–Crippen MR) is 103 cm³/mol. The average Bonchev–Trinajstić information content (AvgIpc) is 2.87. The Morgan fingerprint density at radius 3 is 2.41 bits per heavy atom. The van der Waals surface area contributed by atoms with E-state index in [4.69, 9.17) is 0 Å². The number of benzene rings is 1. The van der Waals surface area contributed by atoms with E-state index in [0.29, 0.717) is 19.0 Å². The molecule has 0 saturated carbocycles. The maximum atomic E-state index is 13.0. The Hall–Kier alpha value is -2.37. The van der Waals surface area contributed by atoms with Crippen molar-refractivity contribution in [2.24, 2.45) is 5.92 Å². The summed E-state index contributed by atoms with van der Waals surface area (Å²) in [6.07, 6.45) is 3.96. The minimum absolute atomic E-state index is 0.159. The fourth-order valence-electron chi connectivity index (χ4n) is 3.82. The third-order valence-electron chi connectivity index (χ3n) is 5.77. The average molecular weight is 371 g/mol. The summed E-state index contributed by atoms with van der Waals surface area (Å²) in [6, 6.07) is 7.26. The summed E-state index contributed by atoms with van der Waals surface area (Å²) < 4.78 is 0. The van der Waals surface area contributed by atoms with Gasteiger partial charge in [-0.05, 0) is 43.2 Å². The van der Waals surface area contributed by atoms with Gasteiger partial charge in [-0.2, -0.15) is 0 Å². The smallest absolute Gasteiger partial charge is 0.325 e. The van der Waals surface area contributed by atoms with E-state index < -0.39 is 11.6 Å². The van der Waals surface area contributed by atoms with Crippen molar-refractivity contribution in [3.05, 3.63) is 35.4 Å². The molecule has 2 heterocycles. The zero-order valence-electron chi connectivity index (χ0n) is 16.5. The van der Waals surface area contributed by atoms with Crippen LogP contribution in [0.15, 0.2) is 24.3 Å². The lowest BCUT2D eigenvalue weighted by Gasteiger charge is -2.31. The number of imide groups is 1. The highest BCUT2D eigenvalue weighted by atomic mass is 16.2. The second kappa shape index (κ2) is 7.71. The molecule has 6 heteroatoms. The van der Waals surface area contributed by atoms with E-state index in [9.17, 15) is 14.4 Å². The quantitative estimate of drug-likeness (QED) is 0.809. The van der Waals surface area contributed by atoms with Crippen LogP contribution < -0.4 is 5.32 Å². The van der Waals surface area contributed by atoms with Gasteiger partial charge in [-0.15, -0.1) is 0 Å². The SMILES string of the molecule is CCCc1ccc(C2(C)NC(=O)N(CC(=O)N3CCC(C)CC3)C2=O)cc1. The predicted octanol–water partition coefficient (Wildman–Crippen LogP) is 2.66. The van der Waals surface area contributed by atoms with Gasteiger partial charge in [0.15, 0.2) is 0 Å². The fourth-order valence-corrected chi connectivity index (χ4v) is 3.82. The second-order valence-corrected chi connectivity index (χ2v) is 7.96. The van der Waals surface area contributed by atoms with Gasteiger partial charge in [-0.1, -0.05) is 44.5 Å². The lowest BCUT2D eigenvalue weighted by Crippen LogP contribution is -2.46. The lowest BCUT2D eigenvalue weighted by molar-refractivity contribution is -0.139. The highest BCUT2D eigenvalue weighted by molar-refractivity contribution is 6.09. The lowest BCUT2D eigenvalue weighted by atomic mass is 9.91. The molecule has 2 aliphatic heterocycles. The summed E-state index contributed by atoms with van der Waals surface area (Å²) >= 11 is 0. The zero-order chi connectivity index (χ0) is 19.6.